The molecule has 7 heteroatoms. The number of aliphatic carboxylic acids is 1. The van der Waals surface area contributed by atoms with Crippen molar-refractivity contribution in [3.8, 4) is 16.9 Å². The third-order valence-corrected chi connectivity index (χ3v) is 6.81. The van der Waals surface area contributed by atoms with Crippen LogP contribution in [-0.4, -0.2) is 22.3 Å². The van der Waals surface area contributed by atoms with Crippen LogP contribution in [0.1, 0.15) is 47.7 Å². The fraction of sp³-hybridized carbons (Fsp3) is 0.219. The first-order valence-corrected chi connectivity index (χ1v) is 12.6. The second-order valence-electron chi connectivity index (χ2n) is 9.48. The number of carboxylic acids is 1. The number of nitrogens with zero attached hydrogens (tertiary/aromatic N) is 1. The number of rotatable bonds is 10. The summed E-state index contributed by atoms with van der Waals surface area (Å²) >= 11 is 0. The van der Waals surface area contributed by atoms with E-state index in [0.717, 1.165) is 16.7 Å². The number of alkyl halides is 3. The van der Waals surface area contributed by atoms with Gasteiger partial charge in [0.2, 0.25) is 0 Å². The molecule has 0 aliphatic rings. The lowest BCUT2D eigenvalue weighted by Crippen LogP contribution is -2.33. The second-order valence-corrected chi connectivity index (χ2v) is 9.48. The predicted molar refractivity (Wildman–Crippen MR) is 145 cm³/mol. The largest absolute Gasteiger partial charge is 0.573 e. The first-order chi connectivity index (χ1) is 18.6. The Balaban J connectivity index is 1.87. The standard InChI is InChI=1S/C32H30F3NO3/c1-22-11-9-10-16-27(22)28-19-26(17-18-30(28)39-32(33,34)35)29(20-31(37)38)36(21-24-12-5-3-6-13-24)23(2)25-14-7-4-8-15-25/h3-19,23,29H,20-21H2,1-2H3,(H,37,38)/t23-,29?/m1/s1. The Morgan fingerprint density at radius 1 is 0.846 bits per heavy atom. The van der Waals surface area contributed by atoms with E-state index in [1.165, 1.54) is 12.1 Å². The Morgan fingerprint density at radius 3 is 2.08 bits per heavy atom. The summed E-state index contributed by atoms with van der Waals surface area (Å²) < 4.78 is 44.4. The molecule has 4 nitrogen and oxygen atoms in total. The summed E-state index contributed by atoms with van der Waals surface area (Å²) in [7, 11) is 0. The van der Waals surface area contributed by atoms with Crippen molar-refractivity contribution < 1.29 is 27.8 Å². The minimum atomic E-state index is -4.87. The lowest BCUT2D eigenvalue weighted by atomic mass is 9.92. The molecule has 202 valence electrons. The summed E-state index contributed by atoms with van der Waals surface area (Å²) in [5.74, 6) is -1.34. The van der Waals surface area contributed by atoms with Crippen LogP contribution in [0.25, 0.3) is 11.1 Å². The molecule has 1 N–H and O–H groups in total. The van der Waals surface area contributed by atoms with E-state index in [1.54, 1.807) is 18.2 Å². The number of halogens is 3. The molecule has 0 aliphatic heterocycles. The number of carboxylic acid groups (broad SMARTS) is 1. The van der Waals surface area contributed by atoms with Gasteiger partial charge < -0.3 is 9.84 Å². The van der Waals surface area contributed by atoms with Crippen LogP contribution in [0.4, 0.5) is 13.2 Å². The normalized spacial score (nSPS) is 13.2. The third kappa shape index (κ3) is 7.27. The first-order valence-electron chi connectivity index (χ1n) is 12.6. The van der Waals surface area contributed by atoms with Crippen LogP contribution in [0.15, 0.2) is 103 Å². The average Bonchev–Trinajstić information content (AvgIpc) is 2.91. The van der Waals surface area contributed by atoms with Crippen LogP contribution in [0.3, 0.4) is 0 Å². The monoisotopic (exact) mass is 533 g/mol. The fourth-order valence-electron chi connectivity index (χ4n) is 4.88. The molecule has 4 aromatic carbocycles. The molecule has 0 saturated carbocycles. The van der Waals surface area contributed by atoms with E-state index in [-0.39, 0.29) is 23.8 Å². The van der Waals surface area contributed by atoms with E-state index < -0.39 is 18.4 Å². The van der Waals surface area contributed by atoms with E-state index in [1.807, 2.05) is 86.6 Å². The van der Waals surface area contributed by atoms with E-state index in [0.29, 0.717) is 17.7 Å². The maximum Gasteiger partial charge on any atom is 0.573 e. The van der Waals surface area contributed by atoms with Gasteiger partial charge >= 0.3 is 12.3 Å². The molecule has 0 aromatic heterocycles. The number of aryl methyl sites for hydroxylation is 1. The van der Waals surface area contributed by atoms with Crippen molar-refractivity contribution in [3.05, 3.63) is 125 Å². The summed E-state index contributed by atoms with van der Waals surface area (Å²) in [5, 5.41) is 9.95. The summed E-state index contributed by atoms with van der Waals surface area (Å²) in [4.78, 5) is 14.2. The topological polar surface area (TPSA) is 49.8 Å². The van der Waals surface area contributed by atoms with Crippen molar-refractivity contribution in [3.63, 3.8) is 0 Å². The molecule has 2 atom stereocenters. The Bertz CT molecular complexity index is 1390. The molecule has 0 radical (unpaired) electrons. The summed E-state index contributed by atoms with van der Waals surface area (Å²) in [5.41, 5.74) is 4.19. The fourth-order valence-corrected chi connectivity index (χ4v) is 4.88. The third-order valence-electron chi connectivity index (χ3n) is 6.81. The molecule has 0 aliphatic carbocycles. The van der Waals surface area contributed by atoms with Crippen LogP contribution >= 0.6 is 0 Å². The summed E-state index contributed by atoms with van der Waals surface area (Å²) in [6.07, 6.45) is -5.11. The Kier molecular flexibility index (Phi) is 8.72. The SMILES string of the molecule is Cc1ccccc1-c1cc(C(CC(=O)O)N(Cc2ccccc2)[C@H](C)c2ccccc2)ccc1OC(F)(F)F. The minimum Gasteiger partial charge on any atom is -0.481 e. The van der Waals surface area contributed by atoms with Gasteiger partial charge in [0, 0.05) is 24.2 Å². The molecule has 0 fully saturated rings. The lowest BCUT2D eigenvalue weighted by Gasteiger charge is -2.37. The van der Waals surface area contributed by atoms with Crippen LogP contribution in [-0.2, 0) is 11.3 Å². The number of hydrogen-bond acceptors (Lipinski definition) is 3. The predicted octanol–water partition coefficient (Wildman–Crippen LogP) is 8.34. The minimum absolute atomic E-state index is 0.191. The highest BCUT2D eigenvalue weighted by Crippen LogP contribution is 2.41. The van der Waals surface area contributed by atoms with Crippen molar-refractivity contribution in [1.82, 2.24) is 4.90 Å². The molecule has 4 rings (SSSR count). The van der Waals surface area contributed by atoms with Gasteiger partial charge in [-0.3, -0.25) is 9.69 Å². The van der Waals surface area contributed by atoms with Crippen molar-refractivity contribution in [2.45, 2.75) is 45.3 Å². The van der Waals surface area contributed by atoms with E-state index in [2.05, 4.69) is 9.64 Å². The van der Waals surface area contributed by atoms with Gasteiger partial charge in [0.05, 0.1) is 6.42 Å². The number of hydrogen-bond donors (Lipinski definition) is 1. The number of ether oxygens (including phenoxy) is 1. The molecule has 0 heterocycles. The average molecular weight is 534 g/mol. The molecule has 0 amide bonds. The first kappa shape index (κ1) is 27.9. The molecule has 0 saturated heterocycles. The smallest absolute Gasteiger partial charge is 0.481 e. The molecular formula is C32H30F3NO3. The van der Waals surface area contributed by atoms with Crippen LogP contribution in [0, 0.1) is 6.92 Å². The van der Waals surface area contributed by atoms with Crippen molar-refractivity contribution in [1.29, 1.82) is 0 Å². The molecular weight excluding hydrogens is 503 g/mol. The quantitative estimate of drug-likeness (QED) is 0.223. The molecule has 0 bridgehead atoms. The van der Waals surface area contributed by atoms with Crippen LogP contribution in [0.5, 0.6) is 5.75 Å². The number of benzene rings is 4. The second kappa shape index (κ2) is 12.2. The molecule has 1 unspecified atom stereocenters. The highest BCUT2D eigenvalue weighted by Gasteiger charge is 2.34. The highest BCUT2D eigenvalue weighted by molar-refractivity contribution is 5.75. The maximum absolute atomic E-state index is 13.3. The molecule has 0 spiro atoms. The molecule has 39 heavy (non-hydrogen) atoms. The van der Waals surface area contributed by atoms with Gasteiger partial charge in [-0.05, 0) is 53.8 Å². The Labute approximate surface area is 226 Å². The van der Waals surface area contributed by atoms with Crippen molar-refractivity contribution in [2.75, 3.05) is 0 Å². The van der Waals surface area contributed by atoms with Gasteiger partial charge in [-0.1, -0.05) is 91.0 Å². The van der Waals surface area contributed by atoms with E-state index in [4.69, 9.17) is 0 Å². The van der Waals surface area contributed by atoms with Gasteiger partial charge in [-0.15, -0.1) is 13.2 Å². The van der Waals surface area contributed by atoms with E-state index in [9.17, 15) is 23.1 Å². The van der Waals surface area contributed by atoms with Crippen LogP contribution < -0.4 is 4.74 Å². The zero-order valence-electron chi connectivity index (χ0n) is 21.7. The van der Waals surface area contributed by atoms with Gasteiger partial charge in [0.1, 0.15) is 5.75 Å². The van der Waals surface area contributed by atoms with Crippen molar-refractivity contribution in [2.24, 2.45) is 0 Å². The van der Waals surface area contributed by atoms with Gasteiger partial charge in [-0.25, -0.2) is 0 Å². The van der Waals surface area contributed by atoms with Crippen LogP contribution in [0.2, 0.25) is 0 Å². The Morgan fingerprint density at radius 2 is 1.46 bits per heavy atom. The van der Waals surface area contributed by atoms with Gasteiger partial charge in [0.25, 0.3) is 0 Å². The van der Waals surface area contributed by atoms with E-state index >= 15 is 0 Å². The van der Waals surface area contributed by atoms with Gasteiger partial charge in [-0.2, -0.15) is 0 Å². The maximum atomic E-state index is 13.3. The zero-order valence-corrected chi connectivity index (χ0v) is 21.7. The Hall–Kier alpha value is -4.10. The highest BCUT2D eigenvalue weighted by atomic mass is 19.4. The zero-order chi connectivity index (χ0) is 28.0. The summed E-state index contributed by atoms with van der Waals surface area (Å²) in [6, 6.07) is 30.2. The number of carbonyl (C=O) groups is 1. The lowest BCUT2D eigenvalue weighted by molar-refractivity contribution is -0.274. The van der Waals surface area contributed by atoms with Crippen molar-refractivity contribution >= 4 is 5.97 Å². The van der Waals surface area contributed by atoms with Gasteiger partial charge in [0.15, 0.2) is 0 Å². The summed E-state index contributed by atoms with van der Waals surface area (Å²) in [6.45, 7) is 4.26. The molecule has 4 aromatic rings.